The average Bonchev–Trinajstić information content (AvgIpc) is 2.47. The van der Waals surface area contributed by atoms with Gasteiger partial charge in [-0.3, -0.25) is 9.78 Å². The Balaban J connectivity index is 2.10. The molecule has 21 heavy (non-hydrogen) atoms. The van der Waals surface area contributed by atoms with Crippen molar-refractivity contribution in [2.45, 2.75) is 40.0 Å². The van der Waals surface area contributed by atoms with E-state index in [1.165, 1.54) is 12.8 Å². The molecule has 116 valence electrons. The van der Waals surface area contributed by atoms with E-state index >= 15 is 0 Å². The Morgan fingerprint density at radius 2 is 2.05 bits per heavy atom. The average molecular weight is 289 g/mol. The van der Waals surface area contributed by atoms with Gasteiger partial charge < -0.3 is 10.2 Å². The van der Waals surface area contributed by atoms with Gasteiger partial charge >= 0.3 is 0 Å². The fourth-order valence-electron chi connectivity index (χ4n) is 3.00. The largest absolute Gasteiger partial charge is 0.338 e. The normalized spacial score (nSPS) is 16.0. The van der Waals surface area contributed by atoms with Gasteiger partial charge in [-0.25, -0.2) is 0 Å². The number of aryl methyl sites for hydroxylation is 2. The summed E-state index contributed by atoms with van der Waals surface area (Å²) in [5.74, 6) is 0.765. The molecule has 1 aromatic heterocycles. The standard InChI is InChI=1S/C17H27N3O/c1-4-11-20(12-15-7-9-18-10-8-15)17(21)16-6-5-13(2)19-14(16)3/h5-6,15,18H,4,7-12H2,1-3H3. The molecule has 0 saturated carbocycles. The third-order valence-corrected chi connectivity index (χ3v) is 4.17. The number of rotatable bonds is 5. The van der Waals surface area contributed by atoms with Crippen molar-refractivity contribution in [3.63, 3.8) is 0 Å². The molecule has 0 aliphatic carbocycles. The van der Waals surface area contributed by atoms with Gasteiger partial charge in [-0.2, -0.15) is 0 Å². The number of hydrogen-bond acceptors (Lipinski definition) is 3. The highest BCUT2D eigenvalue weighted by Crippen LogP contribution is 2.17. The molecule has 2 heterocycles. The van der Waals surface area contributed by atoms with Crippen molar-refractivity contribution in [2.75, 3.05) is 26.2 Å². The van der Waals surface area contributed by atoms with Crippen molar-refractivity contribution < 1.29 is 4.79 Å². The number of carbonyl (C=O) groups excluding carboxylic acids is 1. The first-order valence-electron chi connectivity index (χ1n) is 8.06. The number of aromatic nitrogens is 1. The summed E-state index contributed by atoms with van der Waals surface area (Å²) >= 11 is 0. The van der Waals surface area contributed by atoms with Crippen LogP contribution in [0.5, 0.6) is 0 Å². The maximum atomic E-state index is 12.8. The van der Waals surface area contributed by atoms with Crippen LogP contribution in [0.4, 0.5) is 0 Å². The second kappa shape index (κ2) is 7.55. The highest BCUT2D eigenvalue weighted by molar-refractivity contribution is 5.95. The van der Waals surface area contributed by atoms with Gasteiger partial charge in [0.15, 0.2) is 0 Å². The van der Waals surface area contributed by atoms with Crippen LogP contribution >= 0.6 is 0 Å². The van der Waals surface area contributed by atoms with E-state index in [-0.39, 0.29) is 5.91 Å². The number of nitrogens with zero attached hydrogens (tertiary/aromatic N) is 2. The van der Waals surface area contributed by atoms with Crippen molar-refractivity contribution in [3.05, 3.63) is 29.1 Å². The predicted molar refractivity (Wildman–Crippen MR) is 85.5 cm³/mol. The van der Waals surface area contributed by atoms with Gasteiger partial charge in [0.2, 0.25) is 0 Å². The van der Waals surface area contributed by atoms with Gasteiger partial charge in [-0.05, 0) is 64.3 Å². The summed E-state index contributed by atoms with van der Waals surface area (Å²) < 4.78 is 0. The minimum atomic E-state index is 0.139. The van der Waals surface area contributed by atoms with Gasteiger partial charge in [0, 0.05) is 18.8 Å². The zero-order valence-corrected chi connectivity index (χ0v) is 13.5. The smallest absolute Gasteiger partial charge is 0.255 e. The second-order valence-electron chi connectivity index (χ2n) is 6.03. The van der Waals surface area contributed by atoms with Gasteiger partial charge in [-0.15, -0.1) is 0 Å². The summed E-state index contributed by atoms with van der Waals surface area (Å²) in [6.07, 6.45) is 3.33. The molecule has 2 rings (SSSR count). The molecule has 0 aromatic carbocycles. The number of nitrogens with one attached hydrogen (secondary N) is 1. The van der Waals surface area contributed by atoms with Gasteiger partial charge in [0.1, 0.15) is 0 Å². The lowest BCUT2D eigenvalue weighted by Gasteiger charge is -2.30. The van der Waals surface area contributed by atoms with Crippen LogP contribution in [0, 0.1) is 19.8 Å². The number of piperidine rings is 1. The molecule has 1 saturated heterocycles. The monoisotopic (exact) mass is 289 g/mol. The van der Waals surface area contributed by atoms with E-state index in [0.29, 0.717) is 5.92 Å². The molecule has 1 fully saturated rings. The topological polar surface area (TPSA) is 45.2 Å². The maximum Gasteiger partial charge on any atom is 0.255 e. The van der Waals surface area contributed by atoms with Crippen molar-refractivity contribution in [1.82, 2.24) is 15.2 Å². The molecule has 0 unspecified atom stereocenters. The summed E-state index contributed by atoms with van der Waals surface area (Å²) in [5, 5.41) is 3.38. The van der Waals surface area contributed by atoms with E-state index in [1.807, 2.05) is 30.9 Å². The van der Waals surface area contributed by atoms with Crippen LogP contribution in [0.15, 0.2) is 12.1 Å². The van der Waals surface area contributed by atoms with Crippen LogP contribution in [-0.2, 0) is 0 Å². The van der Waals surface area contributed by atoms with Crippen LogP contribution in [0.2, 0.25) is 0 Å². The molecule has 1 N–H and O–H groups in total. The van der Waals surface area contributed by atoms with Gasteiger partial charge in [-0.1, -0.05) is 6.92 Å². The van der Waals surface area contributed by atoms with E-state index in [0.717, 1.165) is 49.6 Å². The molecule has 0 atom stereocenters. The number of carbonyl (C=O) groups is 1. The fourth-order valence-corrected chi connectivity index (χ4v) is 3.00. The Hall–Kier alpha value is -1.42. The molecule has 1 aliphatic heterocycles. The Kier molecular flexibility index (Phi) is 5.74. The Labute approximate surface area is 127 Å². The fraction of sp³-hybridized carbons (Fsp3) is 0.647. The van der Waals surface area contributed by atoms with Crippen molar-refractivity contribution in [1.29, 1.82) is 0 Å². The summed E-state index contributed by atoms with van der Waals surface area (Å²) in [5.41, 5.74) is 2.55. The van der Waals surface area contributed by atoms with E-state index < -0.39 is 0 Å². The lowest BCUT2D eigenvalue weighted by molar-refractivity contribution is 0.0715. The predicted octanol–water partition coefficient (Wildman–Crippen LogP) is 2.55. The Morgan fingerprint density at radius 3 is 2.67 bits per heavy atom. The quantitative estimate of drug-likeness (QED) is 0.906. The van der Waals surface area contributed by atoms with Crippen molar-refractivity contribution in [2.24, 2.45) is 5.92 Å². The molecule has 0 bridgehead atoms. The highest BCUT2D eigenvalue weighted by Gasteiger charge is 2.22. The van der Waals surface area contributed by atoms with Gasteiger partial charge in [0.05, 0.1) is 11.3 Å². The summed E-state index contributed by atoms with van der Waals surface area (Å²) in [6, 6.07) is 3.85. The third kappa shape index (κ3) is 4.27. The molecule has 4 nitrogen and oxygen atoms in total. The third-order valence-electron chi connectivity index (χ3n) is 4.17. The van der Waals surface area contributed by atoms with Crippen LogP contribution in [0.1, 0.15) is 47.9 Å². The van der Waals surface area contributed by atoms with Crippen LogP contribution in [0.25, 0.3) is 0 Å². The van der Waals surface area contributed by atoms with E-state index in [2.05, 4.69) is 17.2 Å². The Morgan fingerprint density at radius 1 is 1.33 bits per heavy atom. The minimum Gasteiger partial charge on any atom is -0.338 e. The van der Waals surface area contributed by atoms with Crippen molar-refractivity contribution >= 4 is 5.91 Å². The minimum absolute atomic E-state index is 0.139. The molecule has 1 aromatic rings. The van der Waals surface area contributed by atoms with E-state index in [1.54, 1.807) is 0 Å². The first-order chi connectivity index (χ1) is 10.1. The Bertz CT molecular complexity index is 481. The molecule has 0 spiro atoms. The van der Waals surface area contributed by atoms with Crippen LogP contribution in [-0.4, -0.2) is 42.0 Å². The lowest BCUT2D eigenvalue weighted by atomic mass is 9.97. The van der Waals surface area contributed by atoms with Crippen LogP contribution < -0.4 is 5.32 Å². The molecule has 4 heteroatoms. The summed E-state index contributed by atoms with van der Waals surface area (Å²) in [7, 11) is 0. The van der Waals surface area contributed by atoms with Crippen molar-refractivity contribution in [3.8, 4) is 0 Å². The second-order valence-corrected chi connectivity index (χ2v) is 6.03. The SMILES string of the molecule is CCCN(CC1CCNCC1)C(=O)c1ccc(C)nc1C. The number of pyridine rings is 1. The maximum absolute atomic E-state index is 12.8. The molecule has 0 radical (unpaired) electrons. The zero-order chi connectivity index (χ0) is 15.2. The lowest BCUT2D eigenvalue weighted by Crippen LogP contribution is -2.40. The molecule has 1 amide bonds. The summed E-state index contributed by atoms with van der Waals surface area (Å²) in [6.45, 7) is 9.86. The van der Waals surface area contributed by atoms with E-state index in [9.17, 15) is 4.79 Å². The highest BCUT2D eigenvalue weighted by atomic mass is 16.2. The molecular formula is C17H27N3O. The molecular weight excluding hydrogens is 262 g/mol. The van der Waals surface area contributed by atoms with Gasteiger partial charge in [0.25, 0.3) is 5.91 Å². The van der Waals surface area contributed by atoms with Crippen LogP contribution in [0.3, 0.4) is 0 Å². The number of amides is 1. The number of hydrogen-bond donors (Lipinski definition) is 1. The van der Waals surface area contributed by atoms with E-state index in [4.69, 9.17) is 0 Å². The first-order valence-corrected chi connectivity index (χ1v) is 8.06. The molecule has 1 aliphatic rings. The zero-order valence-electron chi connectivity index (χ0n) is 13.5. The summed E-state index contributed by atoms with van der Waals surface area (Å²) in [4.78, 5) is 19.3. The first kappa shape index (κ1) is 16.0.